The second kappa shape index (κ2) is 6.69. The quantitative estimate of drug-likeness (QED) is 0.743. The predicted octanol–water partition coefficient (Wildman–Crippen LogP) is 4.33. The number of likely N-dealkylation sites (tertiary alicyclic amines) is 1. The smallest absolute Gasteiger partial charge is 0.334 e. The molecule has 2 nitrogen and oxygen atoms in total. The van der Waals surface area contributed by atoms with Crippen LogP contribution in [0.25, 0.3) is 0 Å². The Morgan fingerprint density at radius 3 is 2.62 bits per heavy atom. The van der Waals surface area contributed by atoms with Crippen LogP contribution in [0.3, 0.4) is 0 Å². The molecular weight excluding hydrogens is 303 g/mol. The summed E-state index contributed by atoms with van der Waals surface area (Å²) in [5.41, 5.74) is -1.17. The molecule has 0 aromatic heterocycles. The van der Waals surface area contributed by atoms with Gasteiger partial charge in [0.15, 0.2) is 0 Å². The molecule has 0 bridgehead atoms. The third-order valence-corrected chi connectivity index (χ3v) is 4.14. The molecule has 1 aromatic carbocycles. The van der Waals surface area contributed by atoms with Crippen LogP contribution in [0.15, 0.2) is 24.3 Å². The van der Waals surface area contributed by atoms with E-state index in [-0.39, 0.29) is 17.5 Å². The van der Waals surface area contributed by atoms with Gasteiger partial charge in [-0.25, -0.2) is 0 Å². The van der Waals surface area contributed by atoms with Crippen LogP contribution in [-0.4, -0.2) is 29.3 Å². The van der Waals surface area contributed by atoms with Crippen molar-refractivity contribution in [2.45, 2.75) is 37.9 Å². The highest BCUT2D eigenvalue weighted by Gasteiger charge is 2.37. The summed E-state index contributed by atoms with van der Waals surface area (Å²) in [6, 6.07) is 4.74. The molecule has 0 aliphatic carbocycles. The Bertz CT molecular complexity index is 504. The van der Waals surface area contributed by atoms with E-state index < -0.39 is 17.6 Å². The maximum Gasteiger partial charge on any atom is 0.417 e. The lowest BCUT2D eigenvalue weighted by Crippen LogP contribution is -2.41. The summed E-state index contributed by atoms with van der Waals surface area (Å²) in [6.07, 6.45) is -1.08. The van der Waals surface area contributed by atoms with E-state index in [4.69, 9.17) is 11.6 Å². The standard InChI is InChI=1S/C15H17ClF3NO/c16-10-11-6-2-1-5-9-20(11)14(21)12-7-3-4-8-13(12)15(17,18)19/h3-4,7-8,11H,1-2,5-6,9-10H2. The molecule has 1 saturated heterocycles. The Hall–Kier alpha value is -1.23. The van der Waals surface area contributed by atoms with Gasteiger partial charge in [-0.3, -0.25) is 4.79 Å². The van der Waals surface area contributed by atoms with Gasteiger partial charge in [0.1, 0.15) is 0 Å². The van der Waals surface area contributed by atoms with Crippen molar-refractivity contribution in [2.24, 2.45) is 0 Å². The summed E-state index contributed by atoms with van der Waals surface area (Å²) in [7, 11) is 0. The van der Waals surface area contributed by atoms with Crippen molar-refractivity contribution in [3.8, 4) is 0 Å². The van der Waals surface area contributed by atoms with E-state index in [0.29, 0.717) is 6.54 Å². The molecule has 0 radical (unpaired) electrons. The molecule has 116 valence electrons. The minimum atomic E-state index is -4.53. The SMILES string of the molecule is O=C(c1ccccc1C(F)(F)F)N1CCCCCC1CCl. The molecule has 1 aliphatic rings. The van der Waals surface area contributed by atoms with Gasteiger partial charge in [0, 0.05) is 18.5 Å². The molecule has 0 N–H and O–H groups in total. The lowest BCUT2D eigenvalue weighted by molar-refractivity contribution is -0.138. The molecule has 1 amide bonds. The third-order valence-electron chi connectivity index (χ3n) is 3.78. The zero-order valence-electron chi connectivity index (χ0n) is 11.5. The van der Waals surface area contributed by atoms with Crippen LogP contribution in [0, 0.1) is 0 Å². The van der Waals surface area contributed by atoms with Gasteiger partial charge in [0.2, 0.25) is 0 Å². The van der Waals surface area contributed by atoms with Crippen LogP contribution in [-0.2, 0) is 6.18 Å². The highest BCUT2D eigenvalue weighted by Crippen LogP contribution is 2.33. The highest BCUT2D eigenvalue weighted by atomic mass is 35.5. The topological polar surface area (TPSA) is 20.3 Å². The normalized spacial score (nSPS) is 20.2. The first-order valence-corrected chi connectivity index (χ1v) is 7.51. The second-order valence-electron chi connectivity index (χ2n) is 5.20. The van der Waals surface area contributed by atoms with E-state index in [1.807, 2.05) is 0 Å². The van der Waals surface area contributed by atoms with Crippen molar-refractivity contribution in [3.63, 3.8) is 0 Å². The number of carbonyl (C=O) groups excluding carboxylic acids is 1. The monoisotopic (exact) mass is 319 g/mol. The molecular formula is C15H17ClF3NO. The Kier molecular flexibility index (Phi) is 5.14. The molecule has 2 rings (SSSR count). The number of hydrogen-bond donors (Lipinski definition) is 0. The largest absolute Gasteiger partial charge is 0.417 e. The summed E-state index contributed by atoms with van der Waals surface area (Å²) >= 11 is 5.89. The van der Waals surface area contributed by atoms with Gasteiger partial charge in [-0.05, 0) is 25.0 Å². The van der Waals surface area contributed by atoms with Gasteiger partial charge in [-0.2, -0.15) is 13.2 Å². The van der Waals surface area contributed by atoms with E-state index in [1.165, 1.54) is 23.1 Å². The zero-order valence-corrected chi connectivity index (χ0v) is 12.3. The average Bonchev–Trinajstić information content (AvgIpc) is 2.70. The molecule has 0 spiro atoms. The number of halogens is 4. The van der Waals surface area contributed by atoms with Crippen LogP contribution < -0.4 is 0 Å². The molecule has 21 heavy (non-hydrogen) atoms. The number of nitrogens with zero attached hydrogens (tertiary/aromatic N) is 1. The van der Waals surface area contributed by atoms with Crippen LogP contribution in [0.1, 0.15) is 41.6 Å². The minimum Gasteiger partial charge on any atom is -0.334 e. The first-order chi connectivity index (χ1) is 9.95. The van der Waals surface area contributed by atoms with Crippen LogP contribution in [0.4, 0.5) is 13.2 Å². The Labute approximate surface area is 126 Å². The third kappa shape index (κ3) is 3.70. The van der Waals surface area contributed by atoms with E-state index >= 15 is 0 Å². The van der Waals surface area contributed by atoms with Gasteiger partial charge < -0.3 is 4.90 Å². The molecule has 1 atom stereocenters. The Morgan fingerprint density at radius 2 is 1.95 bits per heavy atom. The molecule has 6 heteroatoms. The van der Waals surface area contributed by atoms with E-state index in [2.05, 4.69) is 0 Å². The maximum absolute atomic E-state index is 13.0. The van der Waals surface area contributed by atoms with Crippen molar-refractivity contribution in [1.29, 1.82) is 0 Å². The molecule has 1 heterocycles. The van der Waals surface area contributed by atoms with Gasteiger partial charge >= 0.3 is 6.18 Å². The van der Waals surface area contributed by atoms with Crippen molar-refractivity contribution in [3.05, 3.63) is 35.4 Å². The van der Waals surface area contributed by atoms with Crippen LogP contribution in [0.5, 0.6) is 0 Å². The predicted molar refractivity (Wildman–Crippen MR) is 75.5 cm³/mol. The fourth-order valence-electron chi connectivity index (χ4n) is 2.68. The summed E-state index contributed by atoms with van der Waals surface area (Å²) in [6.45, 7) is 0.461. The van der Waals surface area contributed by atoms with Gasteiger partial charge in [-0.15, -0.1) is 11.6 Å². The minimum absolute atomic E-state index is 0.192. The van der Waals surface area contributed by atoms with Crippen molar-refractivity contribution >= 4 is 17.5 Å². The van der Waals surface area contributed by atoms with Crippen LogP contribution in [0.2, 0.25) is 0 Å². The molecule has 1 aromatic rings. The fourth-order valence-corrected chi connectivity index (χ4v) is 3.00. The van der Waals surface area contributed by atoms with E-state index in [0.717, 1.165) is 31.7 Å². The Morgan fingerprint density at radius 1 is 1.24 bits per heavy atom. The van der Waals surface area contributed by atoms with Crippen molar-refractivity contribution in [1.82, 2.24) is 4.90 Å². The number of hydrogen-bond acceptors (Lipinski definition) is 1. The molecule has 1 fully saturated rings. The van der Waals surface area contributed by atoms with Crippen molar-refractivity contribution in [2.75, 3.05) is 12.4 Å². The zero-order chi connectivity index (χ0) is 15.5. The van der Waals surface area contributed by atoms with Gasteiger partial charge in [0.05, 0.1) is 11.1 Å². The second-order valence-corrected chi connectivity index (χ2v) is 5.51. The first kappa shape index (κ1) is 16.1. The lowest BCUT2D eigenvalue weighted by Gasteiger charge is -2.29. The lowest BCUT2D eigenvalue weighted by atomic mass is 10.0. The molecule has 0 saturated carbocycles. The Balaban J connectivity index is 2.34. The summed E-state index contributed by atoms with van der Waals surface area (Å²) in [4.78, 5) is 14.1. The fraction of sp³-hybridized carbons (Fsp3) is 0.533. The summed E-state index contributed by atoms with van der Waals surface area (Å²) < 4.78 is 39.1. The van der Waals surface area contributed by atoms with E-state index in [1.54, 1.807) is 0 Å². The number of rotatable bonds is 2. The van der Waals surface area contributed by atoms with Crippen LogP contribution >= 0.6 is 11.6 Å². The maximum atomic E-state index is 13.0. The van der Waals surface area contributed by atoms with E-state index in [9.17, 15) is 18.0 Å². The summed E-state index contributed by atoms with van der Waals surface area (Å²) in [5, 5.41) is 0. The van der Waals surface area contributed by atoms with Gasteiger partial charge in [0.25, 0.3) is 5.91 Å². The number of alkyl halides is 4. The van der Waals surface area contributed by atoms with Crippen molar-refractivity contribution < 1.29 is 18.0 Å². The van der Waals surface area contributed by atoms with Gasteiger partial charge in [-0.1, -0.05) is 25.0 Å². The summed E-state index contributed by atoms with van der Waals surface area (Å²) in [5.74, 6) is -0.324. The number of carbonyl (C=O) groups is 1. The molecule has 1 unspecified atom stereocenters. The average molecular weight is 320 g/mol. The number of amides is 1. The highest BCUT2D eigenvalue weighted by molar-refractivity contribution is 6.18. The first-order valence-electron chi connectivity index (χ1n) is 6.98. The molecule has 1 aliphatic heterocycles. The number of benzene rings is 1.